The first-order valence-electron chi connectivity index (χ1n) is 7.91. The van der Waals surface area contributed by atoms with E-state index in [4.69, 9.17) is 9.47 Å². The lowest BCUT2D eigenvalue weighted by atomic mass is 9.93. The van der Waals surface area contributed by atoms with Crippen LogP contribution in [0.4, 0.5) is 5.69 Å². The number of nitrogens with one attached hydrogen (secondary N) is 2. The Hall–Kier alpha value is -2.08. The molecule has 0 atom stereocenters. The van der Waals surface area contributed by atoms with Crippen LogP contribution in [0.15, 0.2) is 18.2 Å². The van der Waals surface area contributed by atoms with E-state index < -0.39 is 5.97 Å². The molecule has 126 valence electrons. The molecule has 1 amide bonds. The molecule has 0 aliphatic carbocycles. The highest BCUT2D eigenvalue weighted by molar-refractivity contribution is 6.01. The molecule has 1 aliphatic rings. The molecule has 0 saturated carbocycles. The Bertz CT molecular complexity index is 554. The zero-order valence-electron chi connectivity index (χ0n) is 13.7. The van der Waals surface area contributed by atoms with Crippen molar-refractivity contribution in [3.8, 4) is 5.75 Å². The quantitative estimate of drug-likeness (QED) is 0.786. The summed E-state index contributed by atoms with van der Waals surface area (Å²) in [6.45, 7) is 2.05. The molecule has 1 aliphatic heterocycles. The maximum absolute atomic E-state index is 12.2. The highest BCUT2D eigenvalue weighted by Crippen LogP contribution is 2.24. The summed E-state index contributed by atoms with van der Waals surface area (Å²) in [5.74, 6) is 0.549. The number of amides is 1. The van der Waals surface area contributed by atoms with Crippen molar-refractivity contribution < 1.29 is 19.1 Å². The Balaban J connectivity index is 1.97. The number of esters is 1. The number of methoxy groups -OCH3 is 2. The molecule has 0 aromatic heterocycles. The van der Waals surface area contributed by atoms with Gasteiger partial charge in [-0.15, -0.1) is 0 Å². The normalized spacial score (nSPS) is 15.0. The van der Waals surface area contributed by atoms with Gasteiger partial charge in [-0.05, 0) is 56.5 Å². The van der Waals surface area contributed by atoms with E-state index in [1.165, 1.54) is 14.2 Å². The molecule has 23 heavy (non-hydrogen) atoms. The number of rotatable bonds is 6. The van der Waals surface area contributed by atoms with Crippen molar-refractivity contribution in [2.45, 2.75) is 25.7 Å². The lowest BCUT2D eigenvalue weighted by Gasteiger charge is -2.22. The number of ether oxygens (including phenoxy) is 2. The fourth-order valence-corrected chi connectivity index (χ4v) is 2.76. The number of anilines is 1. The average molecular weight is 320 g/mol. The molecule has 1 saturated heterocycles. The number of hydrogen-bond acceptors (Lipinski definition) is 5. The molecule has 1 aromatic rings. The molecular weight excluding hydrogens is 296 g/mol. The van der Waals surface area contributed by atoms with Crippen LogP contribution in [0.25, 0.3) is 0 Å². The number of carbonyl (C=O) groups is 2. The average Bonchev–Trinajstić information content (AvgIpc) is 2.60. The maximum Gasteiger partial charge on any atom is 0.340 e. The standard InChI is InChI=1S/C17H24N2O4/c1-22-13-4-5-15(14(11-13)17(21)23-2)19-16(20)6-3-12-7-9-18-10-8-12/h4-5,11-12,18H,3,6-10H2,1-2H3,(H,19,20). The minimum Gasteiger partial charge on any atom is -0.497 e. The third-order valence-corrected chi connectivity index (χ3v) is 4.14. The predicted octanol–water partition coefficient (Wildman–Crippen LogP) is 2.20. The van der Waals surface area contributed by atoms with Crippen molar-refractivity contribution >= 4 is 17.6 Å². The molecule has 6 heteroatoms. The van der Waals surface area contributed by atoms with Gasteiger partial charge in [-0.2, -0.15) is 0 Å². The summed E-state index contributed by atoms with van der Waals surface area (Å²) in [5.41, 5.74) is 0.745. The summed E-state index contributed by atoms with van der Waals surface area (Å²) in [7, 11) is 2.83. The van der Waals surface area contributed by atoms with Crippen LogP contribution in [-0.2, 0) is 9.53 Å². The van der Waals surface area contributed by atoms with Crippen molar-refractivity contribution in [2.75, 3.05) is 32.6 Å². The van der Waals surface area contributed by atoms with Crippen molar-refractivity contribution in [3.63, 3.8) is 0 Å². The molecule has 2 rings (SSSR count). The summed E-state index contributed by atoms with van der Waals surface area (Å²) >= 11 is 0. The number of carbonyl (C=O) groups excluding carboxylic acids is 2. The van der Waals surface area contributed by atoms with Crippen LogP contribution in [0, 0.1) is 5.92 Å². The van der Waals surface area contributed by atoms with Crippen molar-refractivity contribution in [2.24, 2.45) is 5.92 Å². The zero-order valence-corrected chi connectivity index (χ0v) is 13.7. The largest absolute Gasteiger partial charge is 0.497 e. The van der Waals surface area contributed by atoms with Crippen LogP contribution in [0.2, 0.25) is 0 Å². The number of piperidine rings is 1. The van der Waals surface area contributed by atoms with Gasteiger partial charge < -0.3 is 20.1 Å². The van der Waals surface area contributed by atoms with Gasteiger partial charge in [-0.3, -0.25) is 4.79 Å². The first kappa shape index (κ1) is 17.3. The van der Waals surface area contributed by atoms with E-state index in [1.54, 1.807) is 18.2 Å². The molecule has 0 radical (unpaired) electrons. The van der Waals surface area contributed by atoms with Crippen LogP contribution in [0.5, 0.6) is 5.75 Å². The SMILES string of the molecule is COC(=O)c1cc(OC)ccc1NC(=O)CCC1CCNCC1. The third kappa shape index (κ3) is 4.96. The van der Waals surface area contributed by atoms with Gasteiger partial charge >= 0.3 is 5.97 Å². The minimum absolute atomic E-state index is 0.0844. The monoisotopic (exact) mass is 320 g/mol. The van der Waals surface area contributed by atoms with E-state index >= 15 is 0 Å². The highest BCUT2D eigenvalue weighted by atomic mass is 16.5. The first-order chi connectivity index (χ1) is 11.1. The number of hydrogen-bond donors (Lipinski definition) is 2. The van der Waals surface area contributed by atoms with Crippen molar-refractivity contribution in [1.29, 1.82) is 0 Å². The second kappa shape index (κ2) is 8.53. The Kier molecular flexibility index (Phi) is 6.40. The van der Waals surface area contributed by atoms with Crippen molar-refractivity contribution in [3.05, 3.63) is 23.8 Å². The van der Waals surface area contributed by atoms with Crippen LogP contribution < -0.4 is 15.4 Å². The van der Waals surface area contributed by atoms with Gasteiger partial charge in [0.25, 0.3) is 0 Å². The van der Waals surface area contributed by atoms with E-state index in [9.17, 15) is 9.59 Å². The Morgan fingerprint density at radius 1 is 1.26 bits per heavy atom. The van der Waals surface area contributed by atoms with Crippen LogP contribution in [0.1, 0.15) is 36.0 Å². The van der Waals surface area contributed by atoms with Gasteiger partial charge in [-0.1, -0.05) is 0 Å². The second-order valence-electron chi connectivity index (χ2n) is 5.68. The molecule has 1 fully saturated rings. The first-order valence-corrected chi connectivity index (χ1v) is 7.91. The Labute approximate surface area is 136 Å². The summed E-state index contributed by atoms with van der Waals surface area (Å²) in [6.07, 6.45) is 3.56. The smallest absolute Gasteiger partial charge is 0.340 e. The Morgan fingerprint density at radius 2 is 2.00 bits per heavy atom. The summed E-state index contributed by atoms with van der Waals surface area (Å²) in [5, 5.41) is 6.12. The van der Waals surface area contributed by atoms with E-state index in [1.807, 2.05) is 0 Å². The fourth-order valence-electron chi connectivity index (χ4n) is 2.76. The lowest BCUT2D eigenvalue weighted by Crippen LogP contribution is -2.28. The fraction of sp³-hybridized carbons (Fsp3) is 0.529. The van der Waals surface area contributed by atoms with Gasteiger partial charge in [-0.25, -0.2) is 4.79 Å². The van der Waals surface area contributed by atoms with Gasteiger partial charge in [0.15, 0.2) is 0 Å². The zero-order chi connectivity index (χ0) is 16.7. The van der Waals surface area contributed by atoms with Gasteiger partial charge in [0, 0.05) is 6.42 Å². The maximum atomic E-state index is 12.2. The molecule has 1 aromatic carbocycles. The van der Waals surface area contributed by atoms with E-state index in [0.717, 1.165) is 32.4 Å². The molecule has 0 spiro atoms. The Morgan fingerprint density at radius 3 is 2.65 bits per heavy atom. The van der Waals surface area contributed by atoms with Crippen molar-refractivity contribution in [1.82, 2.24) is 5.32 Å². The van der Waals surface area contributed by atoms with Gasteiger partial charge in [0.05, 0.1) is 25.5 Å². The second-order valence-corrected chi connectivity index (χ2v) is 5.68. The van der Waals surface area contributed by atoms with E-state index in [-0.39, 0.29) is 5.91 Å². The predicted molar refractivity (Wildman–Crippen MR) is 87.8 cm³/mol. The topological polar surface area (TPSA) is 76.7 Å². The van der Waals surface area contributed by atoms with Gasteiger partial charge in [0.2, 0.25) is 5.91 Å². The molecule has 2 N–H and O–H groups in total. The van der Waals surface area contributed by atoms with Crippen LogP contribution in [-0.4, -0.2) is 39.2 Å². The van der Waals surface area contributed by atoms with Gasteiger partial charge in [0.1, 0.15) is 5.75 Å². The summed E-state index contributed by atoms with van der Waals surface area (Å²) < 4.78 is 9.87. The molecule has 1 heterocycles. The highest BCUT2D eigenvalue weighted by Gasteiger charge is 2.17. The van der Waals surface area contributed by atoms with E-state index in [2.05, 4.69) is 10.6 Å². The van der Waals surface area contributed by atoms with Crippen LogP contribution >= 0.6 is 0 Å². The summed E-state index contributed by atoms with van der Waals surface area (Å²) in [6, 6.07) is 4.93. The molecule has 0 bridgehead atoms. The lowest BCUT2D eigenvalue weighted by molar-refractivity contribution is -0.116. The van der Waals surface area contributed by atoms with Crippen LogP contribution in [0.3, 0.4) is 0 Å². The number of benzene rings is 1. The third-order valence-electron chi connectivity index (χ3n) is 4.14. The minimum atomic E-state index is -0.502. The molecule has 6 nitrogen and oxygen atoms in total. The molecule has 0 unspecified atom stereocenters. The summed E-state index contributed by atoms with van der Waals surface area (Å²) in [4.78, 5) is 24.0. The van der Waals surface area contributed by atoms with E-state index in [0.29, 0.717) is 29.3 Å². The molecular formula is C17H24N2O4.